The zero-order chi connectivity index (χ0) is 20.5. The van der Waals surface area contributed by atoms with Crippen molar-refractivity contribution in [2.45, 2.75) is 25.7 Å². The van der Waals surface area contributed by atoms with Gasteiger partial charge in [-0.15, -0.1) is 11.3 Å². The van der Waals surface area contributed by atoms with Gasteiger partial charge in [0.25, 0.3) is 5.91 Å². The Morgan fingerprint density at radius 3 is 2.67 bits per heavy atom. The molecule has 1 fully saturated rings. The second-order valence-corrected chi connectivity index (χ2v) is 8.88. The number of aromatic nitrogens is 3. The molecular weight excluding hydrogens is 394 g/mol. The van der Waals surface area contributed by atoms with Crippen molar-refractivity contribution in [3.63, 3.8) is 0 Å². The Morgan fingerprint density at radius 1 is 1.13 bits per heavy atom. The van der Waals surface area contributed by atoms with E-state index >= 15 is 0 Å². The molecule has 0 atom stereocenters. The van der Waals surface area contributed by atoms with E-state index in [9.17, 15) is 4.79 Å². The summed E-state index contributed by atoms with van der Waals surface area (Å²) < 4.78 is 2.12. The average molecular weight is 418 g/mol. The molecule has 4 aromatic rings. The predicted octanol–water partition coefficient (Wildman–Crippen LogP) is 4.86. The topological polar surface area (TPSA) is 62.5 Å². The van der Waals surface area contributed by atoms with Gasteiger partial charge in [-0.1, -0.05) is 18.2 Å². The summed E-state index contributed by atoms with van der Waals surface area (Å²) in [6.07, 6.45) is 7.85. The van der Waals surface area contributed by atoms with Crippen LogP contribution in [-0.2, 0) is 0 Å². The summed E-state index contributed by atoms with van der Waals surface area (Å²) in [5.74, 6) is 1.27. The van der Waals surface area contributed by atoms with Crippen LogP contribution >= 0.6 is 11.3 Å². The Labute approximate surface area is 179 Å². The van der Waals surface area contributed by atoms with Gasteiger partial charge in [0.1, 0.15) is 0 Å². The number of hydrogen-bond donors (Lipinski definition) is 1. The normalized spacial score (nSPS) is 14.9. The Morgan fingerprint density at radius 2 is 1.93 bits per heavy atom. The van der Waals surface area contributed by atoms with Crippen LogP contribution in [0.3, 0.4) is 0 Å². The molecule has 0 spiro atoms. The fraction of sp³-hybridized carbons (Fsp3) is 0.261. The third kappa shape index (κ3) is 3.68. The second kappa shape index (κ2) is 7.91. The van der Waals surface area contributed by atoms with Gasteiger partial charge >= 0.3 is 0 Å². The maximum atomic E-state index is 12.7. The second-order valence-electron chi connectivity index (χ2n) is 7.65. The highest BCUT2D eigenvalue weighted by molar-refractivity contribution is 7.15. The van der Waals surface area contributed by atoms with Crippen LogP contribution in [-0.4, -0.2) is 38.3 Å². The molecule has 3 aromatic heterocycles. The van der Waals surface area contributed by atoms with E-state index in [1.165, 1.54) is 0 Å². The number of piperidine rings is 1. The molecule has 0 unspecified atom stereocenters. The molecule has 6 nitrogen and oxygen atoms in total. The van der Waals surface area contributed by atoms with Gasteiger partial charge in [0.05, 0.1) is 11.2 Å². The minimum atomic E-state index is 0.115. The Balaban J connectivity index is 1.35. The lowest BCUT2D eigenvalue weighted by atomic mass is 9.93. The van der Waals surface area contributed by atoms with Crippen molar-refractivity contribution in [2.24, 2.45) is 0 Å². The smallest absolute Gasteiger partial charge is 0.253 e. The first-order valence-electron chi connectivity index (χ1n) is 10.2. The number of likely N-dealkylation sites (tertiary alicyclic amines) is 1. The number of thiazole rings is 1. The molecule has 1 aliphatic heterocycles. The lowest BCUT2D eigenvalue weighted by Crippen LogP contribution is -2.38. The monoisotopic (exact) mass is 417 g/mol. The number of benzene rings is 1. The molecule has 1 amide bonds. The highest BCUT2D eigenvalue weighted by Gasteiger charge is 2.26. The van der Waals surface area contributed by atoms with Gasteiger partial charge in [0, 0.05) is 48.0 Å². The molecule has 0 radical (unpaired) electrons. The first kappa shape index (κ1) is 18.8. The highest BCUT2D eigenvalue weighted by Crippen LogP contribution is 2.31. The molecule has 0 aliphatic carbocycles. The first-order valence-corrected chi connectivity index (χ1v) is 11.0. The van der Waals surface area contributed by atoms with Gasteiger partial charge in [-0.3, -0.25) is 4.79 Å². The van der Waals surface area contributed by atoms with E-state index < -0.39 is 0 Å². The van der Waals surface area contributed by atoms with Crippen molar-refractivity contribution in [1.82, 2.24) is 19.3 Å². The summed E-state index contributed by atoms with van der Waals surface area (Å²) in [5, 5.41) is 4.24. The summed E-state index contributed by atoms with van der Waals surface area (Å²) in [6, 6.07) is 13.6. The standard InChI is InChI=1S/C23H23N5OS/c1-16-14-24-23(30-16)26-21-20-8-5-11-28(20)15-19(25-21)17-9-12-27(13-10-17)22(29)18-6-3-2-4-7-18/h2-8,11,14-15,17H,9-10,12-13H2,1H3,(H,24,25,26). The number of hydrogen-bond acceptors (Lipinski definition) is 5. The predicted molar refractivity (Wildman–Crippen MR) is 120 cm³/mol. The van der Waals surface area contributed by atoms with Crippen LogP contribution in [0.5, 0.6) is 0 Å². The van der Waals surface area contributed by atoms with Gasteiger partial charge in [0.2, 0.25) is 0 Å². The number of nitrogens with zero attached hydrogens (tertiary/aromatic N) is 4. The summed E-state index contributed by atoms with van der Waals surface area (Å²) in [4.78, 5) is 25.2. The van der Waals surface area contributed by atoms with Crippen LogP contribution in [0.1, 0.15) is 39.7 Å². The van der Waals surface area contributed by atoms with Crippen LogP contribution in [0.15, 0.2) is 61.1 Å². The van der Waals surface area contributed by atoms with Crippen LogP contribution in [0.2, 0.25) is 0 Å². The number of fused-ring (bicyclic) bond motifs is 1. The third-order valence-electron chi connectivity index (χ3n) is 5.60. The zero-order valence-electron chi connectivity index (χ0n) is 16.8. The average Bonchev–Trinajstić information content (AvgIpc) is 3.43. The van der Waals surface area contributed by atoms with E-state index in [1.807, 2.05) is 60.6 Å². The summed E-state index contributed by atoms with van der Waals surface area (Å²) >= 11 is 1.62. The van der Waals surface area contributed by atoms with E-state index in [0.29, 0.717) is 5.92 Å². The Bertz CT molecular complexity index is 1170. The van der Waals surface area contributed by atoms with Gasteiger partial charge in [0.15, 0.2) is 10.9 Å². The largest absolute Gasteiger partial charge is 0.339 e. The van der Waals surface area contributed by atoms with E-state index in [2.05, 4.69) is 27.0 Å². The minimum Gasteiger partial charge on any atom is -0.339 e. The van der Waals surface area contributed by atoms with E-state index in [-0.39, 0.29) is 5.91 Å². The maximum Gasteiger partial charge on any atom is 0.253 e. The molecule has 1 aromatic carbocycles. The molecule has 152 valence electrons. The van der Waals surface area contributed by atoms with Crippen LogP contribution in [0.25, 0.3) is 5.52 Å². The van der Waals surface area contributed by atoms with Crippen molar-refractivity contribution in [1.29, 1.82) is 0 Å². The van der Waals surface area contributed by atoms with Crippen molar-refractivity contribution in [3.8, 4) is 0 Å². The van der Waals surface area contributed by atoms with Crippen LogP contribution in [0.4, 0.5) is 10.9 Å². The van der Waals surface area contributed by atoms with Crippen molar-refractivity contribution in [2.75, 3.05) is 18.4 Å². The van der Waals surface area contributed by atoms with Gasteiger partial charge in [-0.2, -0.15) is 0 Å². The van der Waals surface area contributed by atoms with Crippen LogP contribution < -0.4 is 5.32 Å². The molecule has 7 heteroatoms. The lowest BCUT2D eigenvalue weighted by molar-refractivity contribution is 0.0712. The zero-order valence-corrected chi connectivity index (χ0v) is 17.6. The van der Waals surface area contributed by atoms with Gasteiger partial charge in [-0.25, -0.2) is 9.97 Å². The van der Waals surface area contributed by atoms with Gasteiger partial charge in [-0.05, 0) is 44.0 Å². The number of anilines is 2. The van der Waals surface area contributed by atoms with Crippen molar-refractivity contribution < 1.29 is 4.79 Å². The fourth-order valence-corrected chi connectivity index (χ4v) is 4.67. The summed E-state index contributed by atoms with van der Waals surface area (Å²) in [5.41, 5.74) is 2.85. The number of aryl methyl sites for hydroxylation is 1. The fourth-order valence-electron chi connectivity index (χ4n) is 4.01. The SMILES string of the molecule is Cc1cnc(Nc2nc(C3CCN(C(=O)c4ccccc4)CC3)cn3cccc23)s1. The Kier molecular flexibility index (Phi) is 4.96. The number of rotatable bonds is 4. The number of nitrogens with one attached hydrogen (secondary N) is 1. The molecule has 4 heterocycles. The highest BCUT2D eigenvalue weighted by atomic mass is 32.1. The summed E-state index contributed by atoms with van der Waals surface area (Å²) in [6.45, 7) is 3.54. The lowest BCUT2D eigenvalue weighted by Gasteiger charge is -2.32. The molecule has 5 rings (SSSR count). The van der Waals surface area contributed by atoms with Crippen molar-refractivity contribution >= 4 is 33.7 Å². The molecule has 0 saturated carbocycles. The van der Waals surface area contributed by atoms with Crippen LogP contribution in [0, 0.1) is 6.92 Å². The van der Waals surface area contributed by atoms with E-state index in [1.54, 1.807) is 11.3 Å². The first-order chi connectivity index (χ1) is 14.7. The Hall–Kier alpha value is -3.19. The minimum absolute atomic E-state index is 0.115. The molecular formula is C23H23N5OS. The molecule has 1 aliphatic rings. The quantitative estimate of drug-likeness (QED) is 0.515. The number of amides is 1. The molecule has 1 N–H and O–H groups in total. The van der Waals surface area contributed by atoms with E-state index in [4.69, 9.17) is 4.98 Å². The third-order valence-corrected chi connectivity index (χ3v) is 6.43. The summed E-state index contributed by atoms with van der Waals surface area (Å²) in [7, 11) is 0. The van der Waals surface area contributed by atoms with E-state index in [0.717, 1.165) is 58.5 Å². The molecule has 30 heavy (non-hydrogen) atoms. The molecule has 1 saturated heterocycles. The maximum absolute atomic E-state index is 12.7. The number of carbonyl (C=O) groups is 1. The van der Waals surface area contributed by atoms with Gasteiger partial charge < -0.3 is 14.6 Å². The number of carbonyl (C=O) groups excluding carboxylic acids is 1. The molecule has 0 bridgehead atoms. The van der Waals surface area contributed by atoms with Crippen molar-refractivity contribution in [3.05, 3.63) is 77.2 Å².